The van der Waals surface area contributed by atoms with E-state index in [0.717, 1.165) is 0 Å². The Bertz CT molecular complexity index is 1090. The van der Waals surface area contributed by atoms with Crippen LogP contribution in [0.15, 0.2) is 24.8 Å². The highest BCUT2D eigenvalue weighted by Gasteiger charge is 2.48. The van der Waals surface area contributed by atoms with E-state index in [1.165, 1.54) is 13.2 Å². The number of methoxy groups -OCH3 is 1. The van der Waals surface area contributed by atoms with E-state index in [-0.39, 0.29) is 23.9 Å². The van der Waals surface area contributed by atoms with Gasteiger partial charge in [0.2, 0.25) is 18.3 Å². The Kier molecular flexibility index (Phi) is 11.8. The van der Waals surface area contributed by atoms with Gasteiger partial charge in [0.1, 0.15) is 67.1 Å². The number of benzene rings is 1. The van der Waals surface area contributed by atoms with E-state index < -0.39 is 99.2 Å². The topological polar surface area (TPSA) is 267 Å². The van der Waals surface area contributed by atoms with Crippen molar-refractivity contribution < 1.29 is 84.2 Å². The van der Waals surface area contributed by atoms with Crippen LogP contribution in [-0.2, 0) is 25.4 Å². The summed E-state index contributed by atoms with van der Waals surface area (Å²) in [7, 11) is 1.30. The van der Waals surface area contributed by atoms with Crippen LogP contribution in [0.2, 0.25) is 0 Å². The Labute approximate surface area is 251 Å². The van der Waals surface area contributed by atoms with Gasteiger partial charge in [-0.05, 0) is 24.1 Å². The van der Waals surface area contributed by atoms with Crippen molar-refractivity contribution >= 4 is 0 Å². The van der Waals surface area contributed by atoms with Crippen LogP contribution in [0.1, 0.15) is 5.56 Å². The number of aliphatic hydroxyl groups excluding tert-OH is 10. The number of allylic oxidation sites excluding steroid dienone is 1. The van der Waals surface area contributed by atoms with Gasteiger partial charge in [0, 0.05) is 0 Å². The van der Waals surface area contributed by atoms with E-state index >= 15 is 0 Å². The molecule has 250 valence electrons. The lowest BCUT2D eigenvalue weighted by atomic mass is 9.99. The summed E-state index contributed by atoms with van der Waals surface area (Å²) in [5.41, 5.74) is 0.572. The second kappa shape index (κ2) is 14.9. The molecular weight excluding hydrogens is 596 g/mol. The van der Waals surface area contributed by atoms with Gasteiger partial charge in [-0.25, -0.2) is 0 Å². The normalized spacial score (nSPS) is 41.2. The van der Waals surface area contributed by atoms with Crippen LogP contribution < -0.4 is 14.2 Å². The highest BCUT2D eigenvalue weighted by atomic mass is 16.7. The highest BCUT2D eigenvalue weighted by molar-refractivity contribution is 5.54. The van der Waals surface area contributed by atoms with Gasteiger partial charge in [-0.3, -0.25) is 0 Å². The molecule has 3 heterocycles. The van der Waals surface area contributed by atoms with E-state index in [2.05, 4.69) is 6.58 Å². The molecule has 0 bridgehead atoms. The lowest BCUT2D eigenvalue weighted by Crippen LogP contribution is -2.61. The van der Waals surface area contributed by atoms with Crippen LogP contribution in [-0.4, -0.2) is 164 Å². The zero-order chi connectivity index (χ0) is 32.3. The summed E-state index contributed by atoms with van der Waals surface area (Å²) in [6, 6.07) is 2.99. The van der Waals surface area contributed by atoms with Crippen molar-refractivity contribution in [2.45, 2.75) is 92.4 Å². The summed E-state index contributed by atoms with van der Waals surface area (Å²) < 4.78 is 38.9. The summed E-state index contributed by atoms with van der Waals surface area (Å²) in [5.74, 6) is -0.361. The monoisotopic (exact) mass is 636 g/mol. The Morgan fingerprint density at radius 3 is 1.93 bits per heavy atom. The molecule has 14 unspecified atom stereocenters. The number of hydrogen-bond acceptors (Lipinski definition) is 17. The number of rotatable bonds is 11. The molecule has 0 aromatic heterocycles. The Morgan fingerprint density at radius 1 is 0.750 bits per heavy atom. The van der Waals surface area contributed by atoms with Crippen molar-refractivity contribution in [2.75, 3.05) is 26.9 Å². The van der Waals surface area contributed by atoms with Crippen molar-refractivity contribution in [3.63, 3.8) is 0 Å². The van der Waals surface area contributed by atoms with Crippen molar-refractivity contribution in [3.05, 3.63) is 30.4 Å². The van der Waals surface area contributed by atoms with E-state index in [0.29, 0.717) is 12.0 Å². The van der Waals surface area contributed by atoms with Gasteiger partial charge in [-0.1, -0.05) is 6.08 Å². The molecule has 17 heteroatoms. The maximum Gasteiger partial charge on any atom is 0.229 e. The minimum atomic E-state index is -1.83. The molecule has 3 fully saturated rings. The van der Waals surface area contributed by atoms with Crippen LogP contribution in [0.3, 0.4) is 0 Å². The molecule has 1 aromatic rings. The molecule has 3 aliphatic heterocycles. The predicted molar refractivity (Wildman–Crippen MR) is 142 cm³/mol. The molecule has 0 radical (unpaired) electrons. The van der Waals surface area contributed by atoms with E-state index in [4.69, 9.17) is 33.2 Å². The fraction of sp³-hybridized carbons (Fsp3) is 0.704. The Hall–Kier alpha value is -2.20. The van der Waals surface area contributed by atoms with Gasteiger partial charge in [0.15, 0.2) is 17.8 Å². The number of hydrogen-bond donors (Lipinski definition) is 10. The summed E-state index contributed by atoms with van der Waals surface area (Å²) in [6.45, 7) is 2.11. The highest BCUT2D eigenvalue weighted by Crippen LogP contribution is 2.42. The number of aliphatic hydroxyl groups is 10. The van der Waals surface area contributed by atoms with Crippen molar-refractivity contribution in [2.24, 2.45) is 0 Å². The van der Waals surface area contributed by atoms with E-state index in [1.807, 2.05) is 0 Å². The van der Waals surface area contributed by atoms with E-state index in [1.54, 1.807) is 12.1 Å². The van der Waals surface area contributed by atoms with Crippen LogP contribution in [0.25, 0.3) is 0 Å². The average molecular weight is 637 g/mol. The zero-order valence-corrected chi connectivity index (χ0v) is 23.7. The third-order valence-electron chi connectivity index (χ3n) is 7.55. The van der Waals surface area contributed by atoms with Crippen LogP contribution in [0.5, 0.6) is 17.2 Å². The predicted octanol–water partition coefficient (Wildman–Crippen LogP) is -4.76. The second-order valence-corrected chi connectivity index (χ2v) is 10.6. The van der Waals surface area contributed by atoms with Crippen molar-refractivity contribution in [1.82, 2.24) is 0 Å². The second-order valence-electron chi connectivity index (χ2n) is 10.6. The molecule has 44 heavy (non-hydrogen) atoms. The number of ether oxygens (including phenoxy) is 7. The first kappa shape index (κ1) is 34.7. The lowest BCUT2D eigenvalue weighted by Gasteiger charge is -2.42. The molecule has 14 atom stereocenters. The molecule has 3 saturated heterocycles. The first-order chi connectivity index (χ1) is 20.9. The molecule has 0 saturated carbocycles. The Morgan fingerprint density at radius 2 is 1.32 bits per heavy atom. The molecule has 17 nitrogen and oxygen atoms in total. The SMILES string of the molecule is C=CCc1cc(OC)c(OC2OC(CO)C(O)C(O)C2O)c(OC2OC(COC3OCC(O)C(O)C3O)C(O)C(O)C2O)c1. The molecule has 1 aromatic carbocycles. The minimum absolute atomic E-state index is 0.0336. The first-order valence-corrected chi connectivity index (χ1v) is 13.8. The molecule has 0 amide bonds. The zero-order valence-electron chi connectivity index (χ0n) is 23.7. The molecule has 3 aliphatic rings. The van der Waals surface area contributed by atoms with Gasteiger partial charge in [0.25, 0.3) is 0 Å². The summed E-state index contributed by atoms with van der Waals surface area (Å²) in [5, 5.41) is 102. The van der Waals surface area contributed by atoms with Gasteiger partial charge in [-0.15, -0.1) is 6.58 Å². The lowest BCUT2D eigenvalue weighted by molar-refractivity contribution is -0.308. The third kappa shape index (κ3) is 7.27. The van der Waals surface area contributed by atoms with Gasteiger partial charge in [0.05, 0.1) is 26.9 Å². The third-order valence-corrected chi connectivity index (χ3v) is 7.55. The van der Waals surface area contributed by atoms with Crippen LogP contribution in [0.4, 0.5) is 0 Å². The smallest absolute Gasteiger partial charge is 0.229 e. The van der Waals surface area contributed by atoms with Gasteiger partial charge < -0.3 is 84.2 Å². The summed E-state index contributed by atoms with van der Waals surface area (Å²) in [4.78, 5) is 0. The summed E-state index contributed by atoms with van der Waals surface area (Å²) >= 11 is 0. The molecule has 10 N–H and O–H groups in total. The van der Waals surface area contributed by atoms with Gasteiger partial charge in [-0.2, -0.15) is 0 Å². The molecule has 4 rings (SSSR count). The van der Waals surface area contributed by atoms with Gasteiger partial charge >= 0.3 is 0 Å². The maximum absolute atomic E-state index is 10.7. The quantitative estimate of drug-likeness (QED) is 0.102. The molecular formula is C27H40O17. The standard InChI is InChI=1S/C27H40O17/c1-3-4-10-5-12(38-2)24(44-27-23(37)19(33)17(31)14(7-28)42-27)13(6-10)41-26-22(36)20(34)18(32)15(43-26)9-40-25-21(35)16(30)11(29)8-39-25/h3,5-6,11,14-23,25-37H,1,4,7-9H2,2H3. The largest absolute Gasteiger partial charge is 0.493 e. The van der Waals surface area contributed by atoms with E-state index in [9.17, 15) is 51.1 Å². The molecule has 0 aliphatic carbocycles. The fourth-order valence-electron chi connectivity index (χ4n) is 4.94. The van der Waals surface area contributed by atoms with Crippen LogP contribution >= 0.6 is 0 Å². The fourth-order valence-corrected chi connectivity index (χ4v) is 4.94. The first-order valence-electron chi connectivity index (χ1n) is 13.8. The van der Waals surface area contributed by atoms with Crippen LogP contribution in [0, 0.1) is 0 Å². The van der Waals surface area contributed by atoms with Crippen molar-refractivity contribution in [1.29, 1.82) is 0 Å². The maximum atomic E-state index is 10.7. The average Bonchev–Trinajstić information content (AvgIpc) is 3.01. The Balaban J connectivity index is 1.58. The summed E-state index contributed by atoms with van der Waals surface area (Å²) in [6.07, 6.45) is -20.6. The minimum Gasteiger partial charge on any atom is -0.493 e. The molecule has 0 spiro atoms. The van der Waals surface area contributed by atoms with Crippen molar-refractivity contribution in [3.8, 4) is 17.2 Å².